The molecule has 0 fully saturated rings. The molecule has 0 aliphatic carbocycles. The Balaban J connectivity index is 2.13. The van der Waals surface area contributed by atoms with Crippen LogP contribution in [0.4, 0.5) is 0 Å². The summed E-state index contributed by atoms with van der Waals surface area (Å²) in [6.45, 7) is 0. The van der Waals surface area contributed by atoms with Crippen LogP contribution < -0.4 is 5.32 Å². The first-order valence-corrected chi connectivity index (χ1v) is 7.58. The van der Waals surface area contributed by atoms with E-state index in [0.717, 1.165) is 34.0 Å². The maximum atomic E-state index is 6.22. The minimum atomic E-state index is 0.255. The molecule has 0 aliphatic rings. The van der Waals surface area contributed by atoms with Gasteiger partial charge in [-0.15, -0.1) is 0 Å². The summed E-state index contributed by atoms with van der Waals surface area (Å²) in [4.78, 5) is 0. The molecule has 2 aromatic rings. The third-order valence-electron chi connectivity index (χ3n) is 3.31. The number of nitrogens with one attached hydrogen (secondary N) is 1. The summed E-state index contributed by atoms with van der Waals surface area (Å²) in [6, 6.07) is 13.7. The quantitative estimate of drug-likeness (QED) is 0.812. The summed E-state index contributed by atoms with van der Waals surface area (Å²) >= 11 is 18.5. The third kappa shape index (κ3) is 4.13. The third-order valence-corrected chi connectivity index (χ3v) is 4.28. The SMILES string of the molecule is CNC(Cc1ccccc1Cl)Cc1cc(Cl)ccc1Cl. The van der Waals surface area contributed by atoms with E-state index in [9.17, 15) is 0 Å². The molecule has 0 saturated carbocycles. The summed E-state index contributed by atoms with van der Waals surface area (Å²) in [5.74, 6) is 0. The molecule has 0 saturated heterocycles. The second-order valence-electron chi connectivity index (χ2n) is 4.72. The molecule has 0 spiro atoms. The Kier molecular flexibility index (Phi) is 5.74. The van der Waals surface area contributed by atoms with Crippen LogP contribution in [-0.4, -0.2) is 13.1 Å². The van der Waals surface area contributed by atoms with Crippen molar-refractivity contribution in [2.24, 2.45) is 0 Å². The smallest absolute Gasteiger partial charge is 0.0439 e. The Hall–Kier alpha value is -0.730. The van der Waals surface area contributed by atoms with Crippen LogP contribution in [0.15, 0.2) is 42.5 Å². The predicted molar refractivity (Wildman–Crippen MR) is 88.2 cm³/mol. The first kappa shape index (κ1) is 15.7. The Bertz CT molecular complexity index is 584. The van der Waals surface area contributed by atoms with Gasteiger partial charge in [0.15, 0.2) is 0 Å². The molecule has 1 N–H and O–H groups in total. The van der Waals surface area contributed by atoms with Gasteiger partial charge in [0.2, 0.25) is 0 Å². The average Bonchev–Trinajstić information content (AvgIpc) is 2.44. The van der Waals surface area contributed by atoms with Crippen LogP contribution in [0.1, 0.15) is 11.1 Å². The highest BCUT2D eigenvalue weighted by molar-refractivity contribution is 6.33. The van der Waals surface area contributed by atoms with Gasteiger partial charge < -0.3 is 5.32 Å². The number of rotatable bonds is 5. The van der Waals surface area contributed by atoms with Crippen LogP contribution in [-0.2, 0) is 12.8 Å². The molecule has 2 aromatic carbocycles. The minimum Gasteiger partial charge on any atom is -0.316 e. The second kappa shape index (κ2) is 7.33. The van der Waals surface area contributed by atoms with E-state index in [4.69, 9.17) is 34.8 Å². The lowest BCUT2D eigenvalue weighted by Gasteiger charge is -2.18. The fraction of sp³-hybridized carbons (Fsp3) is 0.250. The Morgan fingerprint density at radius 2 is 1.55 bits per heavy atom. The molecule has 1 unspecified atom stereocenters. The van der Waals surface area contributed by atoms with Gasteiger partial charge in [-0.2, -0.15) is 0 Å². The molecule has 20 heavy (non-hydrogen) atoms. The maximum Gasteiger partial charge on any atom is 0.0439 e. The zero-order valence-corrected chi connectivity index (χ0v) is 13.4. The van der Waals surface area contributed by atoms with Crippen molar-refractivity contribution in [3.05, 3.63) is 68.7 Å². The Labute approximate surface area is 134 Å². The number of halogens is 3. The highest BCUT2D eigenvalue weighted by atomic mass is 35.5. The van der Waals surface area contributed by atoms with Gasteiger partial charge in [0, 0.05) is 21.1 Å². The van der Waals surface area contributed by atoms with Crippen molar-refractivity contribution in [3.8, 4) is 0 Å². The first-order chi connectivity index (χ1) is 9.60. The summed E-state index contributed by atoms with van der Waals surface area (Å²) < 4.78 is 0. The van der Waals surface area contributed by atoms with Gasteiger partial charge in [-0.05, 0) is 55.3 Å². The van der Waals surface area contributed by atoms with E-state index < -0.39 is 0 Å². The van der Waals surface area contributed by atoms with Crippen molar-refractivity contribution in [2.45, 2.75) is 18.9 Å². The van der Waals surface area contributed by atoms with Gasteiger partial charge >= 0.3 is 0 Å². The minimum absolute atomic E-state index is 0.255. The van der Waals surface area contributed by atoms with Crippen molar-refractivity contribution in [1.82, 2.24) is 5.32 Å². The first-order valence-electron chi connectivity index (χ1n) is 6.44. The molecule has 0 aliphatic heterocycles. The predicted octanol–water partition coefficient (Wildman–Crippen LogP) is 5.02. The summed E-state index contributed by atoms with van der Waals surface area (Å²) in [7, 11) is 1.94. The maximum absolute atomic E-state index is 6.22. The highest BCUT2D eigenvalue weighted by Crippen LogP contribution is 2.23. The molecule has 4 heteroatoms. The number of hydrogen-bond acceptors (Lipinski definition) is 1. The fourth-order valence-corrected chi connectivity index (χ4v) is 2.77. The lowest BCUT2D eigenvalue weighted by atomic mass is 9.99. The van der Waals surface area contributed by atoms with E-state index in [1.54, 1.807) is 6.07 Å². The van der Waals surface area contributed by atoms with E-state index >= 15 is 0 Å². The second-order valence-corrected chi connectivity index (χ2v) is 5.97. The summed E-state index contributed by atoms with van der Waals surface area (Å²) in [6.07, 6.45) is 1.65. The van der Waals surface area contributed by atoms with Crippen LogP contribution >= 0.6 is 34.8 Å². The topological polar surface area (TPSA) is 12.0 Å². The van der Waals surface area contributed by atoms with Crippen LogP contribution in [0.2, 0.25) is 15.1 Å². The van der Waals surface area contributed by atoms with Crippen LogP contribution in [0.5, 0.6) is 0 Å². The summed E-state index contributed by atoms with van der Waals surface area (Å²) in [5, 5.41) is 5.56. The van der Waals surface area contributed by atoms with E-state index in [0.29, 0.717) is 5.02 Å². The van der Waals surface area contributed by atoms with Crippen molar-refractivity contribution in [3.63, 3.8) is 0 Å². The highest BCUT2D eigenvalue weighted by Gasteiger charge is 2.12. The molecule has 0 bridgehead atoms. The van der Waals surface area contributed by atoms with Crippen LogP contribution in [0, 0.1) is 0 Å². The number of hydrogen-bond donors (Lipinski definition) is 1. The molecule has 106 valence electrons. The number of likely N-dealkylation sites (N-methyl/N-ethyl adjacent to an activating group) is 1. The van der Waals surface area contributed by atoms with Crippen LogP contribution in [0.25, 0.3) is 0 Å². The van der Waals surface area contributed by atoms with Crippen LogP contribution in [0.3, 0.4) is 0 Å². The van der Waals surface area contributed by atoms with E-state index in [2.05, 4.69) is 5.32 Å². The van der Waals surface area contributed by atoms with Gasteiger partial charge in [-0.1, -0.05) is 53.0 Å². The number of benzene rings is 2. The fourth-order valence-electron chi connectivity index (χ4n) is 2.17. The molecule has 0 amide bonds. The normalized spacial score (nSPS) is 12.4. The van der Waals surface area contributed by atoms with E-state index in [1.807, 2.05) is 43.4 Å². The summed E-state index contributed by atoms with van der Waals surface area (Å²) in [5.41, 5.74) is 2.18. The molecular weight excluding hydrogens is 313 g/mol. The van der Waals surface area contributed by atoms with Gasteiger partial charge in [0.05, 0.1) is 0 Å². The van der Waals surface area contributed by atoms with Gasteiger partial charge in [0.25, 0.3) is 0 Å². The molecule has 2 rings (SSSR count). The van der Waals surface area contributed by atoms with Crippen molar-refractivity contribution in [2.75, 3.05) is 7.05 Å². The van der Waals surface area contributed by atoms with E-state index in [1.165, 1.54) is 0 Å². The Morgan fingerprint density at radius 3 is 2.25 bits per heavy atom. The van der Waals surface area contributed by atoms with Gasteiger partial charge in [-0.3, -0.25) is 0 Å². The monoisotopic (exact) mass is 327 g/mol. The molecule has 1 atom stereocenters. The van der Waals surface area contributed by atoms with Crippen molar-refractivity contribution >= 4 is 34.8 Å². The lowest BCUT2D eigenvalue weighted by molar-refractivity contribution is 0.556. The standard InChI is InChI=1S/C16H16Cl3N/c1-20-14(9-11-4-2-3-5-15(11)18)10-12-8-13(17)6-7-16(12)19/h2-8,14,20H,9-10H2,1H3. The largest absolute Gasteiger partial charge is 0.316 e. The molecule has 0 heterocycles. The zero-order chi connectivity index (χ0) is 14.5. The van der Waals surface area contributed by atoms with Crippen molar-refractivity contribution in [1.29, 1.82) is 0 Å². The molecule has 0 radical (unpaired) electrons. The zero-order valence-electron chi connectivity index (χ0n) is 11.2. The molecular formula is C16H16Cl3N. The van der Waals surface area contributed by atoms with Crippen molar-refractivity contribution < 1.29 is 0 Å². The Morgan fingerprint density at radius 1 is 0.900 bits per heavy atom. The lowest BCUT2D eigenvalue weighted by Crippen LogP contribution is -2.30. The average molecular weight is 329 g/mol. The van der Waals surface area contributed by atoms with E-state index in [-0.39, 0.29) is 6.04 Å². The molecule has 0 aromatic heterocycles. The van der Waals surface area contributed by atoms with Gasteiger partial charge in [-0.25, -0.2) is 0 Å². The van der Waals surface area contributed by atoms with Gasteiger partial charge in [0.1, 0.15) is 0 Å². The molecule has 1 nitrogen and oxygen atoms in total.